The van der Waals surface area contributed by atoms with Crippen LogP contribution in [0.25, 0.3) is 0 Å². The molecule has 1 aromatic rings. The van der Waals surface area contributed by atoms with E-state index < -0.39 is 26.1 Å². The Bertz CT molecular complexity index is 584. The maximum atomic E-state index is 12.7. The number of hydrogen-bond acceptors (Lipinski definition) is 4. The van der Waals surface area contributed by atoms with Crippen LogP contribution in [0.1, 0.15) is 32.1 Å². The quantitative estimate of drug-likeness (QED) is 0.876. The Kier molecular flexibility index (Phi) is 4.83. The molecule has 0 spiro atoms. The molecule has 4 nitrogen and oxygen atoms in total. The zero-order chi connectivity index (χ0) is 15.5. The molecule has 1 aromatic carbocycles. The van der Waals surface area contributed by atoms with Crippen molar-refractivity contribution in [3.05, 3.63) is 24.3 Å². The van der Waals surface area contributed by atoms with Crippen LogP contribution in [-0.4, -0.2) is 31.4 Å². The summed E-state index contributed by atoms with van der Waals surface area (Å²) in [5.74, 6) is -3.46. The van der Waals surface area contributed by atoms with Gasteiger partial charge in [-0.25, -0.2) is 8.42 Å². The van der Waals surface area contributed by atoms with Crippen LogP contribution in [0.5, 0.6) is 0 Å². The largest absolute Gasteiger partial charge is 0.388 e. The average molecular weight is 319 g/mol. The fourth-order valence-corrected chi connectivity index (χ4v) is 3.51. The number of aliphatic hydroxyl groups is 1. The van der Waals surface area contributed by atoms with Crippen molar-refractivity contribution in [2.75, 3.05) is 11.9 Å². The van der Waals surface area contributed by atoms with Gasteiger partial charge in [0.25, 0.3) is 0 Å². The van der Waals surface area contributed by atoms with Gasteiger partial charge in [-0.2, -0.15) is 8.78 Å². The first-order valence-corrected chi connectivity index (χ1v) is 8.47. The van der Waals surface area contributed by atoms with Crippen LogP contribution in [-0.2, 0) is 9.84 Å². The molecule has 2 N–H and O–H groups in total. The Morgan fingerprint density at radius 2 is 1.81 bits per heavy atom. The maximum Gasteiger partial charge on any atom is 0.341 e. The standard InChI is InChI=1S/C14H19F2NO3S/c15-13(16)21(19,20)12-7-3-2-6-11(12)17-10-14(18)8-4-1-5-9-14/h2-3,6-7,13,17-18H,1,4-5,8-10H2. The Labute approximate surface area is 123 Å². The number of hydrogen-bond donors (Lipinski definition) is 2. The molecule has 0 atom stereocenters. The summed E-state index contributed by atoms with van der Waals surface area (Å²) < 4.78 is 48.6. The second-order valence-electron chi connectivity index (χ2n) is 5.44. The van der Waals surface area contributed by atoms with Gasteiger partial charge in [0.1, 0.15) is 0 Å². The van der Waals surface area contributed by atoms with Gasteiger partial charge in [0.05, 0.1) is 16.2 Å². The maximum absolute atomic E-state index is 12.7. The number of alkyl halides is 2. The van der Waals surface area contributed by atoms with Gasteiger partial charge in [-0.15, -0.1) is 0 Å². The molecule has 0 aliphatic heterocycles. The summed E-state index contributed by atoms with van der Waals surface area (Å²) in [6.45, 7) is 0.156. The smallest absolute Gasteiger partial charge is 0.341 e. The predicted molar refractivity (Wildman–Crippen MR) is 76.2 cm³/mol. The summed E-state index contributed by atoms with van der Waals surface area (Å²) >= 11 is 0. The zero-order valence-corrected chi connectivity index (χ0v) is 12.4. The lowest BCUT2D eigenvalue weighted by Crippen LogP contribution is -2.39. The molecule has 0 aromatic heterocycles. The normalized spacial score (nSPS) is 18.7. The lowest BCUT2D eigenvalue weighted by Gasteiger charge is -2.32. The third kappa shape index (κ3) is 3.71. The van der Waals surface area contributed by atoms with Gasteiger partial charge in [-0.3, -0.25) is 0 Å². The predicted octanol–water partition coefficient (Wildman–Crippen LogP) is 2.79. The summed E-state index contributed by atoms with van der Waals surface area (Å²) in [6, 6.07) is 5.55. The summed E-state index contributed by atoms with van der Waals surface area (Å²) in [5.41, 5.74) is -0.795. The van der Waals surface area contributed by atoms with Gasteiger partial charge < -0.3 is 10.4 Å². The first-order chi connectivity index (χ1) is 9.85. The monoisotopic (exact) mass is 319 g/mol. The molecule has 0 heterocycles. The molecule has 21 heavy (non-hydrogen) atoms. The molecular weight excluding hydrogens is 300 g/mol. The molecule has 7 heteroatoms. The third-order valence-corrected chi connectivity index (χ3v) is 5.26. The molecule has 0 bridgehead atoms. The minimum absolute atomic E-state index is 0.108. The van der Waals surface area contributed by atoms with Crippen LogP contribution in [0.2, 0.25) is 0 Å². The molecule has 0 unspecified atom stereocenters. The van der Waals surface area contributed by atoms with Crippen LogP contribution in [0.15, 0.2) is 29.2 Å². The summed E-state index contributed by atoms with van der Waals surface area (Å²) in [5, 5.41) is 13.2. The first kappa shape index (κ1) is 16.2. The summed E-state index contributed by atoms with van der Waals surface area (Å²) in [6.07, 6.45) is 4.15. The molecule has 2 rings (SSSR count). The molecule has 1 aliphatic carbocycles. The number of rotatable bonds is 5. The molecule has 0 radical (unpaired) electrons. The van der Waals surface area contributed by atoms with Crippen molar-refractivity contribution in [3.63, 3.8) is 0 Å². The van der Waals surface area contributed by atoms with E-state index >= 15 is 0 Å². The number of benzene rings is 1. The number of sulfone groups is 1. The second kappa shape index (κ2) is 6.27. The molecule has 1 saturated carbocycles. The van der Waals surface area contributed by atoms with E-state index in [1.807, 2.05) is 0 Å². The number of nitrogens with one attached hydrogen (secondary N) is 1. The van der Waals surface area contributed by atoms with Gasteiger partial charge in [0.2, 0.25) is 9.84 Å². The van der Waals surface area contributed by atoms with Gasteiger partial charge in [0.15, 0.2) is 0 Å². The molecule has 0 amide bonds. The third-order valence-electron chi connectivity index (χ3n) is 3.82. The van der Waals surface area contributed by atoms with E-state index in [2.05, 4.69) is 5.32 Å². The van der Waals surface area contributed by atoms with Gasteiger partial charge in [-0.05, 0) is 25.0 Å². The summed E-state index contributed by atoms with van der Waals surface area (Å²) in [4.78, 5) is -0.431. The topological polar surface area (TPSA) is 66.4 Å². The van der Waals surface area contributed by atoms with Crippen LogP contribution >= 0.6 is 0 Å². The van der Waals surface area contributed by atoms with Gasteiger partial charge >= 0.3 is 5.76 Å². The van der Waals surface area contributed by atoms with E-state index in [4.69, 9.17) is 0 Å². The van der Waals surface area contributed by atoms with Gasteiger partial charge in [0, 0.05) is 6.54 Å². The number of halogens is 2. The van der Waals surface area contributed by atoms with E-state index in [9.17, 15) is 22.3 Å². The van der Waals surface area contributed by atoms with Crippen molar-refractivity contribution in [2.45, 2.75) is 48.4 Å². The minimum Gasteiger partial charge on any atom is -0.388 e. The van der Waals surface area contributed by atoms with Crippen molar-refractivity contribution in [1.82, 2.24) is 0 Å². The zero-order valence-electron chi connectivity index (χ0n) is 11.6. The highest BCUT2D eigenvalue weighted by Gasteiger charge is 2.31. The SMILES string of the molecule is O=S(=O)(c1ccccc1NCC1(O)CCCCC1)C(F)F. The van der Waals surface area contributed by atoms with Crippen LogP contribution < -0.4 is 5.32 Å². The highest BCUT2D eigenvalue weighted by molar-refractivity contribution is 7.91. The van der Waals surface area contributed by atoms with Crippen molar-refractivity contribution >= 4 is 15.5 Å². The first-order valence-electron chi connectivity index (χ1n) is 6.92. The number of anilines is 1. The van der Waals surface area contributed by atoms with Crippen molar-refractivity contribution < 1.29 is 22.3 Å². The Balaban J connectivity index is 2.18. The fraction of sp³-hybridized carbons (Fsp3) is 0.571. The van der Waals surface area contributed by atoms with E-state index in [0.29, 0.717) is 12.8 Å². The second-order valence-corrected chi connectivity index (χ2v) is 7.33. The van der Waals surface area contributed by atoms with Gasteiger partial charge in [-0.1, -0.05) is 31.4 Å². The van der Waals surface area contributed by atoms with E-state index in [-0.39, 0.29) is 12.2 Å². The average Bonchev–Trinajstić information content (AvgIpc) is 2.46. The van der Waals surface area contributed by atoms with E-state index in [1.54, 1.807) is 6.07 Å². The Morgan fingerprint density at radius 1 is 1.19 bits per heavy atom. The molecule has 118 valence electrons. The highest BCUT2D eigenvalue weighted by atomic mass is 32.2. The lowest BCUT2D eigenvalue weighted by atomic mass is 9.85. The van der Waals surface area contributed by atoms with Crippen molar-refractivity contribution in [1.29, 1.82) is 0 Å². The number of para-hydroxylation sites is 1. The molecule has 0 saturated heterocycles. The molecule has 1 aliphatic rings. The van der Waals surface area contributed by atoms with Crippen LogP contribution in [0, 0.1) is 0 Å². The molecule has 1 fully saturated rings. The van der Waals surface area contributed by atoms with E-state index in [0.717, 1.165) is 25.3 Å². The van der Waals surface area contributed by atoms with Crippen molar-refractivity contribution in [2.24, 2.45) is 0 Å². The highest BCUT2D eigenvalue weighted by Crippen LogP contribution is 2.30. The van der Waals surface area contributed by atoms with Crippen molar-refractivity contribution in [3.8, 4) is 0 Å². The molecular formula is C14H19F2NO3S. The van der Waals surface area contributed by atoms with Crippen LogP contribution in [0.3, 0.4) is 0 Å². The summed E-state index contributed by atoms with van der Waals surface area (Å²) in [7, 11) is -4.66. The fourth-order valence-electron chi connectivity index (χ4n) is 2.60. The van der Waals surface area contributed by atoms with Crippen LogP contribution in [0.4, 0.5) is 14.5 Å². The minimum atomic E-state index is -4.66. The van der Waals surface area contributed by atoms with E-state index in [1.165, 1.54) is 12.1 Å². The Hall–Kier alpha value is -1.21. The lowest BCUT2D eigenvalue weighted by molar-refractivity contribution is 0.0167. The Morgan fingerprint density at radius 3 is 2.43 bits per heavy atom.